The van der Waals surface area contributed by atoms with Crippen LogP contribution in [0, 0.1) is 0 Å². The summed E-state index contributed by atoms with van der Waals surface area (Å²) in [5.74, 6) is 0. The van der Waals surface area contributed by atoms with Gasteiger partial charge < -0.3 is 5.32 Å². The molecule has 0 saturated carbocycles. The number of benzene rings is 2. The number of rotatable bonds is 4. The predicted molar refractivity (Wildman–Crippen MR) is 89.2 cm³/mol. The van der Waals surface area contributed by atoms with Gasteiger partial charge in [-0.25, -0.2) is 0 Å². The van der Waals surface area contributed by atoms with E-state index in [1.165, 1.54) is 5.39 Å². The van der Waals surface area contributed by atoms with Crippen LogP contribution in [0.1, 0.15) is 12.6 Å². The Labute approximate surface area is 133 Å². The fraction of sp³-hybridized carbons (Fsp3) is 0.188. The fourth-order valence-electron chi connectivity index (χ4n) is 2.41. The Hall–Kier alpha value is -1.71. The summed E-state index contributed by atoms with van der Waals surface area (Å²) in [6.07, 6.45) is 0. The van der Waals surface area contributed by atoms with Crippen molar-refractivity contribution in [3.63, 3.8) is 0 Å². The Morgan fingerprint density at radius 1 is 1.10 bits per heavy atom. The maximum Gasteiger partial charge on any atom is 0.0894 e. The lowest BCUT2D eigenvalue weighted by Gasteiger charge is -2.06. The summed E-state index contributed by atoms with van der Waals surface area (Å²) in [7, 11) is 0. The van der Waals surface area contributed by atoms with Crippen molar-refractivity contribution < 1.29 is 0 Å². The van der Waals surface area contributed by atoms with Gasteiger partial charge in [-0.05, 0) is 31.2 Å². The first-order valence-corrected chi connectivity index (χ1v) is 7.57. The second kappa shape index (κ2) is 5.96. The molecule has 108 valence electrons. The average molecular weight is 320 g/mol. The Morgan fingerprint density at radius 2 is 1.81 bits per heavy atom. The highest BCUT2D eigenvalue weighted by Gasteiger charge is 2.09. The normalized spacial score (nSPS) is 11.0. The van der Waals surface area contributed by atoms with Gasteiger partial charge in [0.25, 0.3) is 0 Å². The summed E-state index contributed by atoms with van der Waals surface area (Å²) in [4.78, 5) is 0. The van der Waals surface area contributed by atoms with E-state index in [1.807, 2.05) is 28.9 Å². The monoisotopic (exact) mass is 319 g/mol. The molecule has 0 aliphatic carbocycles. The third-order valence-corrected chi connectivity index (χ3v) is 3.79. The lowest BCUT2D eigenvalue weighted by molar-refractivity contribution is 0.671. The van der Waals surface area contributed by atoms with Crippen LogP contribution in [-0.4, -0.2) is 9.78 Å². The van der Waals surface area contributed by atoms with Gasteiger partial charge in [-0.3, -0.25) is 4.68 Å². The third-order valence-electron chi connectivity index (χ3n) is 3.36. The number of hydrogen-bond acceptors (Lipinski definition) is 2. The lowest BCUT2D eigenvalue weighted by Crippen LogP contribution is -2.02. The Morgan fingerprint density at radius 3 is 2.52 bits per heavy atom. The Balaban J connectivity index is 1.88. The number of nitrogens with one attached hydrogen (secondary N) is 1. The first-order valence-electron chi connectivity index (χ1n) is 6.82. The Kier molecular flexibility index (Phi) is 4.04. The summed E-state index contributed by atoms with van der Waals surface area (Å²) in [6, 6.07) is 13.7. The minimum Gasteiger partial charge on any atom is -0.379 e. The zero-order valence-electron chi connectivity index (χ0n) is 11.6. The topological polar surface area (TPSA) is 29.9 Å². The number of halogens is 2. The highest BCUT2D eigenvalue weighted by molar-refractivity contribution is 6.35. The molecule has 3 nitrogen and oxygen atoms in total. The number of nitrogens with zero attached hydrogens (tertiary/aromatic N) is 2. The molecule has 0 saturated heterocycles. The molecule has 3 aromatic rings. The first kappa shape index (κ1) is 14.2. The minimum atomic E-state index is 0.619. The van der Waals surface area contributed by atoms with Crippen LogP contribution >= 0.6 is 23.2 Å². The molecule has 0 fully saturated rings. The maximum atomic E-state index is 6.01. The molecule has 0 unspecified atom stereocenters. The summed E-state index contributed by atoms with van der Waals surface area (Å²) in [5.41, 5.74) is 3.06. The number of aryl methyl sites for hydroxylation is 1. The summed E-state index contributed by atoms with van der Waals surface area (Å²) >= 11 is 12.0. The quantitative estimate of drug-likeness (QED) is 0.735. The predicted octanol–water partition coefficient (Wildman–Crippen LogP) is 4.98. The van der Waals surface area contributed by atoms with Crippen molar-refractivity contribution in [1.29, 1.82) is 0 Å². The van der Waals surface area contributed by atoms with Gasteiger partial charge in [-0.2, -0.15) is 5.10 Å². The smallest absolute Gasteiger partial charge is 0.0894 e. The van der Waals surface area contributed by atoms with E-state index in [0.29, 0.717) is 16.6 Å². The van der Waals surface area contributed by atoms with Gasteiger partial charge in [0.15, 0.2) is 0 Å². The van der Waals surface area contributed by atoms with Crippen LogP contribution in [0.3, 0.4) is 0 Å². The van der Waals surface area contributed by atoms with Gasteiger partial charge in [0.05, 0.1) is 17.8 Å². The largest absolute Gasteiger partial charge is 0.379 e. The van der Waals surface area contributed by atoms with Gasteiger partial charge in [0, 0.05) is 27.7 Å². The van der Waals surface area contributed by atoms with Crippen molar-refractivity contribution in [2.75, 3.05) is 5.32 Å². The van der Waals surface area contributed by atoms with Gasteiger partial charge >= 0.3 is 0 Å². The second-order valence-corrected chi connectivity index (χ2v) is 5.66. The van der Waals surface area contributed by atoms with Crippen molar-refractivity contribution in [3.05, 3.63) is 58.2 Å². The molecule has 2 aromatic carbocycles. The van der Waals surface area contributed by atoms with E-state index < -0.39 is 0 Å². The summed E-state index contributed by atoms with van der Waals surface area (Å²) < 4.78 is 2.01. The zero-order valence-corrected chi connectivity index (χ0v) is 13.1. The molecule has 0 aliphatic rings. The number of anilines is 1. The second-order valence-electron chi connectivity index (χ2n) is 4.79. The molecular weight excluding hydrogens is 305 g/mol. The average Bonchev–Trinajstić information content (AvgIpc) is 2.82. The summed E-state index contributed by atoms with van der Waals surface area (Å²) in [6.45, 7) is 3.57. The van der Waals surface area contributed by atoms with Crippen molar-refractivity contribution >= 4 is 39.8 Å². The van der Waals surface area contributed by atoms with Crippen molar-refractivity contribution in [2.45, 2.75) is 20.0 Å². The van der Waals surface area contributed by atoms with Crippen molar-refractivity contribution in [1.82, 2.24) is 9.78 Å². The fourth-order valence-corrected chi connectivity index (χ4v) is 2.94. The number of fused-ring (bicyclic) bond motifs is 1. The van der Waals surface area contributed by atoms with E-state index in [9.17, 15) is 0 Å². The third kappa shape index (κ3) is 2.99. The summed E-state index contributed by atoms with van der Waals surface area (Å²) in [5, 5.41) is 10.4. The molecule has 1 aromatic heterocycles. The SMILES string of the molecule is CCn1nc(CNc2cc(Cl)cc(Cl)c2)c2ccccc21. The number of hydrogen-bond donors (Lipinski definition) is 1. The minimum absolute atomic E-state index is 0.619. The van der Waals surface area contributed by atoms with Crippen LogP contribution in [0.2, 0.25) is 10.0 Å². The van der Waals surface area contributed by atoms with E-state index in [0.717, 1.165) is 23.4 Å². The van der Waals surface area contributed by atoms with E-state index >= 15 is 0 Å². The van der Waals surface area contributed by atoms with Crippen LogP contribution < -0.4 is 5.32 Å². The molecule has 0 bridgehead atoms. The first-order chi connectivity index (χ1) is 10.2. The van der Waals surface area contributed by atoms with E-state index in [4.69, 9.17) is 23.2 Å². The standard InChI is InChI=1S/C16H15Cl2N3/c1-2-21-16-6-4-3-5-14(16)15(20-21)10-19-13-8-11(17)7-12(18)9-13/h3-9,19H,2,10H2,1H3. The Bertz CT molecular complexity index is 760. The molecule has 0 aliphatic heterocycles. The van der Waals surface area contributed by atoms with E-state index in [1.54, 1.807) is 6.07 Å². The zero-order chi connectivity index (χ0) is 14.8. The number of aromatic nitrogens is 2. The van der Waals surface area contributed by atoms with Crippen LogP contribution in [0.25, 0.3) is 10.9 Å². The molecule has 1 heterocycles. The molecule has 0 radical (unpaired) electrons. The van der Waals surface area contributed by atoms with Gasteiger partial charge in [-0.1, -0.05) is 41.4 Å². The van der Waals surface area contributed by atoms with Crippen LogP contribution in [0.4, 0.5) is 5.69 Å². The van der Waals surface area contributed by atoms with Gasteiger partial charge in [0.1, 0.15) is 0 Å². The van der Waals surface area contributed by atoms with Gasteiger partial charge in [-0.15, -0.1) is 0 Å². The highest BCUT2D eigenvalue weighted by Crippen LogP contribution is 2.24. The molecule has 21 heavy (non-hydrogen) atoms. The lowest BCUT2D eigenvalue weighted by atomic mass is 10.2. The van der Waals surface area contributed by atoms with E-state index in [2.05, 4.69) is 29.5 Å². The molecule has 1 N–H and O–H groups in total. The van der Waals surface area contributed by atoms with Crippen LogP contribution in [-0.2, 0) is 13.1 Å². The maximum absolute atomic E-state index is 6.01. The van der Waals surface area contributed by atoms with E-state index in [-0.39, 0.29) is 0 Å². The van der Waals surface area contributed by atoms with Crippen molar-refractivity contribution in [3.8, 4) is 0 Å². The molecule has 0 amide bonds. The molecule has 5 heteroatoms. The highest BCUT2D eigenvalue weighted by atomic mass is 35.5. The van der Waals surface area contributed by atoms with Crippen LogP contribution in [0.5, 0.6) is 0 Å². The number of para-hydroxylation sites is 1. The molecule has 0 spiro atoms. The molecule has 0 atom stereocenters. The molecular formula is C16H15Cl2N3. The molecule has 3 rings (SSSR count). The van der Waals surface area contributed by atoms with Crippen LogP contribution in [0.15, 0.2) is 42.5 Å². The van der Waals surface area contributed by atoms with Gasteiger partial charge in [0.2, 0.25) is 0 Å². The van der Waals surface area contributed by atoms with Crippen molar-refractivity contribution in [2.24, 2.45) is 0 Å².